The van der Waals surface area contributed by atoms with Gasteiger partial charge in [0.15, 0.2) is 5.83 Å². The van der Waals surface area contributed by atoms with E-state index in [2.05, 4.69) is 30.9 Å². The molecule has 9 heteroatoms. The molecular formula is C22H23BrFN5O2. The van der Waals surface area contributed by atoms with E-state index >= 15 is 0 Å². The van der Waals surface area contributed by atoms with Crippen LogP contribution in [0.3, 0.4) is 0 Å². The van der Waals surface area contributed by atoms with Crippen LogP contribution >= 0.6 is 15.9 Å². The van der Waals surface area contributed by atoms with Crippen LogP contribution in [-0.2, 0) is 4.79 Å². The fourth-order valence-corrected chi connectivity index (χ4v) is 3.79. The predicted octanol–water partition coefficient (Wildman–Crippen LogP) is 3.01. The second-order valence-corrected chi connectivity index (χ2v) is 7.55. The second kappa shape index (κ2) is 10.8. The first-order chi connectivity index (χ1) is 15.0. The lowest BCUT2D eigenvalue weighted by Crippen LogP contribution is -2.40. The van der Waals surface area contributed by atoms with Gasteiger partial charge in [-0.05, 0) is 36.6 Å². The van der Waals surface area contributed by atoms with Gasteiger partial charge in [0.25, 0.3) is 5.56 Å². The van der Waals surface area contributed by atoms with E-state index in [1.54, 1.807) is 47.5 Å². The predicted molar refractivity (Wildman–Crippen MR) is 124 cm³/mol. The maximum Gasteiger partial charge on any atom is 0.255 e. The SMILES string of the molecule is NC=N/C=C(/F)C(=NC1CCN(C(=O)CBr)CC1)c1cccc(-c2ccc[nH]c2=O)c1. The zero-order valence-electron chi connectivity index (χ0n) is 16.8. The number of H-pyrrole nitrogens is 1. The smallest absolute Gasteiger partial charge is 0.255 e. The molecule has 0 spiro atoms. The number of amides is 1. The Morgan fingerprint density at radius 3 is 2.74 bits per heavy atom. The summed E-state index contributed by atoms with van der Waals surface area (Å²) in [5, 5.41) is 0.284. The molecule has 1 aliphatic rings. The molecule has 3 N–H and O–H groups in total. The number of rotatable bonds is 6. The van der Waals surface area contributed by atoms with Crippen molar-refractivity contribution in [3.05, 3.63) is 70.5 Å². The highest BCUT2D eigenvalue weighted by Crippen LogP contribution is 2.22. The van der Waals surface area contributed by atoms with Crippen LogP contribution in [0.1, 0.15) is 18.4 Å². The Bertz CT molecular complexity index is 1070. The number of benzene rings is 1. The van der Waals surface area contributed by atoms with Crippen molar-refractivity contribution in [2.24, 2.45) is 15.7 Å². The molecule has 1 amide bonds. The van der Waals surface area contributed by atoms with Crippen LogP contribution in [0.25, 0.3) is 11.1 Å². The number of nitrogens with two attached hydrogens (primary N) is 1. The van der Waals surface area contributed by atoms with E-state index in [1.165, 1.54) is 0 Å². The number of carbonyl (C=O) groups is 1. The van der Waals surface area contributed by atoms with Crippen LogP contribution in [0, 0.1) is 0 Å². The molecule has 1 saturated heterocycles. The minimum atomic E-state index is -0.625. The third kappa shape index (κ3) is 5.75. The van der Waals surface area contributed by atoms with Crippen molar-refractivity contribution in [1.82, 2.24) is 9.88 Å². The third-order valence-corrected chi connectivity index (χ3v) is 5.49. The summed E-state index contributed by atoms with van der Waals surface area (Å²) in [5.74, 6) is -0.591. The molecular weight excluding hydrogens is 465 g/mol. The first-order valence-corrected chi connectivity index (χ1v) is 10.9. The van der Waals surface area contributed by atoms with Gasteiger partial charge in [0, 0.05) is 30.4 Å². The molecule has 31 heavy (non-hydrogen) atoms. The Morgan fingerprint density at radius 1 is 1.29 bits per heavy atom. The number of aromatic nitrogens is 1. The summed E-state index contributed by atoms with van der Waals surface area (Å²) in [6.45, 7) is 1.13. The van der Waals surface area contributed by atoms with Gasteiger partial charge in [0.1, 0.15) is 5.71 Å². The fraction of sp³-hybridized carbons (Fsp3) is 0.273. The van der Waals surface area contributed by atoms with Gasteiger partial charge in [0.2, 0.25) is 5.91 Å². The molecule has 7 nitrogen and oxygen atoms in total. The lowest BCUT2D eigenvalue weighted by atomic mass is 10.00. The van der Waals surface area contributed by atoms with Crippen LogP contribution in [0.15, 0.2) is 69.4 Å². The van der Waals surface area contributed by atoms with Crippen LogP contribution in [0.5, 0.6) is 0 Å². The van der Waals surface area contributed by atoms with Crippen LogP contribution < -0.4 is 11.3 Å². The number of alkyl halides is 1. The number of pyridine rings is 1. The lowest BCUT2D eigenvalue weighted by molar-refractivity contribution is -0.129. The lowest BCUT2D eigenvalue weighted by Gasteiger charge is -2.30. The fourth-order valence-electron chi connectivity index (χ4n) is 3.44. The average molecular weight is 488 g/mol. The Kier molecular flexibility index (Phi) is 7.88. The molecule has 162 valence electrons. The van der Waals surface area contributed by atoms with Crippen molar-refractivity contribution in [3.8, 4) is 11.1 Å². The standard InChI is InChI=1S/C22H23BrFN5O2/c23-12-20(30)29-9-6-17(7-10-29)28-21(19(24)13-26-14-25)16-4-1-3-15(11-16)18-5-2-8-27-22(18)31/h1-5,8,11,13-14,17H,6-7,9-10,12H2,(H2,25,26)(H,27,31)/b19-13+,28-21?. The molecule has 0 bridgehead atoms. The number of hydrogen-bond donors (Lipinski definition) is 2. The van der Waals surface area contributed by atoms with Gasteiger partial charge in [-0.1, -0.05) is 34.1 Å². The number of halogens is 2. The molecule has 0 saturated carbocycles. The van der Waals surface area contributed by atoms with E-state index in [0.717, 1.165) is 12.5 Å². The maximum atomic E-state index is 15.0. The number of hydrogen-bond acceptors (Lipinski definition) is 4. The van der Waals surface area contributed by atoms with Gasteiger partial charge >= 0.3 is 0 Å². The summed E-state index contributed by atoms with van der Waals surface area (Å²) in [7, 11) is 0. The minimum Gasteiger partial charge on any atom is -0.390 e. The molecule has 1 aromatic heterocycles. The highest BCUT2D eigenvalue weighted by molar-refractivity contribution is 9.09. The number of likely N-dealkylation sites (tertiary alicyclic amines) is 1. The summed E-state index contributed by atoms with van der Waals surface area (Å²) < 4.78 is 15.0. The minimum absolute atomic E-state index is 0.0341. The molecule has 2 heterocycles. The molecule has 1 fully saturated rings. The largest absolute Gasteiger partial charge is 0.390 e. The highest BCUT2D eigenvalue weighted by atomic mass is 79.9. The van der Waals surface area contributed by atoms with E-state index < -0.39 is 5.83 Å². The number of nitrogens with zero attached hydrogens (tertiary/aromatic N) is 3. The molecule has 1 aromatic carbocycles. The highest BCUT2D eigenvalue weighted by Gasteiger charge is 2.23. The van der Waals surface area contributed by atoms with Gasteiger partial charge in [0.05, 0.1) is 23.9 Å². The Hall–Kier alpha value is -3.07. The molecule has 1 aliphatic heterocycles. The summed E-state index contributed by atoms with van der Waals surface area (Å²) in [4.78, 5) is 36.8. The number of piperidine rings is 1. The number of nitrogens with one attached hydrogen (secondary N) is 1. The van der Waals surface area contributed by atoms with E-state index in [1.807, 2.05) is 0 Å². The Morgan fingerprint density at radius 2 is 2.06 bits per heavy atom. The number of carbonyl (C=O) groups excluding carboxylic acids is 1. The van der Waals surface area contributed by atoms with E-state index in [9.17, 15) is 14.0 Å². The van der Waals surface area contributed by atoms with Crippen molar-refractivity contribution < 1.29 is 9.18 Å². The molecule has 0 aliphatic carbocycles. The van der Waals surface area contributed by atoms with Crippen molar-refractivity contribution in [1.29, 1.82) is 0 Å². The van der Waals surface area contributed by atoms with E-state index in [-0.39, 0.29) is 28.6 Å². The second-order valence-electron chi connectivity index (χ2n) is 6.99. The quantitative estimate of drug-likeness (QED) is 0.371. The van der Waals surface area contributed by atoms with Crippen LogP contribution in [-0.4, -0.2) is 52.3 Å². The van der Waals surface area contributed by atoms with Gasteiger partial charge in [-0.2, -0.15) is 0 Å². The molecule has 0 unspecified atom stereocenters. The number of aromatic amines is 1. The Balaban J connectivity index is 1.95. The van der Waals surface area contributed by atoms with E-state index in [4.69, 9.17) is 5.73 Å². The monoisotopic (exact) mass is 487 g/mol. The average Bonchev–Trinajstić information content (AvgIpc) is 2.81. The zero-order chi connectivity index (χ0) is 22.2. The topological polar surface area (TPSA) is 104 Å². The van der Waals surface area contributed by atoms with Crippen molar-refractivity contribution in [2.45, 2.75) is 18.9 Å². The van der Waals surface area contributed by atoms with Gasteiger partial charge in [-0.15, -0.1) is 0 Å². The molecule has 2 aromatic rings. The normalized spacial score (nSPS) is 16.1. The van der Waals surface area contributed by atoms with E-state index in [0.29, 0.717) is 42.6 Å². The third-order valence-electron chi connectivity index (χ3n) is 5.01. The summed E-state index contributed by atoms with van der Waals surface area (Å²) in [5.41, 5.74) is 6.83. The van der Waals surface area contributed by atoms with Crippen LogP contribution in [0.2, 0.25) is 0 Å². The van der Waals surface area contributed by atoms with Crippen molar-refractivity contribution >= 4 is 33.9 Å². The first kappa shape index (κ1) is 22.6. The summed E-state index contributed by atoms with van der Waals surface area (Å²) in [6.07, 6.45) is 4.84. The van der Waals surface area contributed by atoms with Crippen molar-refractivity contribution in [3.63, 3.8) is 0 Å². The molecule has 0 atom stereocenters. The van der Waals surface area contributed by atoms with Crippen molar-refractivity contribution in [2.75, 3.05) is 18.4 Å². The zero-order valence-corrected chi connectivity index (χ0v) is 18.4. The maximum absolute atomic E-state index is 15.0. The van der Waals surface area contributed by atoms with Gasteiger partial charge in [-0.3, -0.25) is 14.6 Å². The first-order valence-electron chi connectivity index (χ1n) is 9.83. The van der Waals surface area contributed by atoms with Crippen LogP contribution in [0.4, 0.5) is 4.39 Å². The molecule has 3 rings (SSSR count). The summed E-state index contributed by atoms with van der Waals surface area (Å²) in [6, 6.07) is 10.3. The van der Waals surface area contributed by atoms with Gasteiger partial charge < -0.3 is 15.6 Å². The molecule has 0 radical (unpaired) electrons. The number of aliphatic imine (C=N–C) groups is 2. The Labute approximate surface area is 187 Å². The summed E-state index contributed by atoms with van der Waals surface area (Å²) >= 11 is 3.19. The van der Waals surface area contributed by atoms with Gasteiger partial charge in [-0.25, -0.2) is 9.38 Å². The number of allylic oxidation sites excluding steroid dienone is 1.